The molecule has 3 rings (SSSR count). The van der Waals surface area contributed by atoms with E-state index < -0.39 is 6.08 Å². The maximum Gasteiger partial charge on any atom is 0.266 e. The van der Waals surface area contributed by atoms with Crippen molar-refractivity contribution < 1.29 is 23.0 Å². The van der Waals surface area contributed by atoms with Gasteiger partial charge in [-0.05, 0) is 69.3 Å². The number of rotatable bonds is 6. The highest BCUT2D eigenvalue weighted by atomic mass is 19.3. The molecule has 152 valence electrons. The van der Waals surface area contributed by atoms with Crippen LogP contribution in [0.1, 0.15) is 64.2 Å². The van der Waals surface area contributed by atoms with E-state index >= 15 is 0 Å². The predicted octanol–water partition coefficient (Wildman–Crippen LogP) is 5.66. The van der Waals surface area contributed by atoms with Crippen LogP contribution in [0, 0.1) is 23.7 Å². The van der Waals surface area contributed by atoms with Gasteiger partial charge in [0.05, 0.1) is 13.2 Å². The second-order valence-corrected chi connectivity index (χ2v) is 8.41. The summed E-state index contributed by atoms with van der Waals surface area (Å²) in [5.41, 5.74) is 0. The molecule has 27 heavy (non-hydrogen) atoms. The summed E-state index contributed by atoms with van der Waals surface area (Å²) in [6.45, 7) is 1.40. The first-order valence-corrected chi connectivity index (χ1v) is 10.5. The maximum atomic E-state index is 12.1. The van der Waals surface area contributed by atoms with E-state index in [0.717, 1.165) is 63.9 Å². The molecule has 5 heteroatoms. The smallest absolute Gasteiger partial charge is 0.266 e. The molecule has 0 aromatic heterocycles. The minimum Gasteiger partial charge on any atom is -0.352 e. The summed E-state index contributed by atoms with van der Waals surface area (Å²) in [5.74, 6) is 2.21. The summed E-state index contributed by atoms with van der Waals surface area (Å²) < 4.78 is 36.2. The second kappa shape index (κ2) is 10.5. The van der Waals surface area contributed by atoms with Gasteiger partial charge in [0.1, 0.15) is 5.78 Å². The van der Waals surface area contributed by atoms with Gasteiger partial charge in [-0.2, -0.15) is 8.78 Å². The summed E-state index contributed by atoms with van der Waals surface area (Å²) in [6, 6.07) is 0. The van der Waals surface area contributed by atoms with Crippen molar-refractivity contribution in [1.29, 1.82) is 0 Å². The van der Waals surface area contributed by atoms with Gasteiger partial charge in [-0.1, -0.05) is 12.2 Å². The van der Waals surface area contributed by atoms with E-state index in [1.165, 1.54) is 0 Å². The van der Waals surface area contributed by atoms with Gasteiger partial charge >= 0.3 is 0 Å². The Morgan fingerprint density at radius 1 is 0.926 bits per heavy atom. The zero-order valence-electron chi connectivity index (χ0n) is 16.1. The minimum atomic E-state index is -1.56. The van der Waals surface area contributed by atoms with Crippen molar-refractivity contribution in [3.8, 4) is 0 Å². The molecule has 0 atom stereocenters. The van der Waals surface area contributed by atoms with Gasteiger partial charge in [-0.3, -0.25) is 4.79 Å². The Labute approximate surface area is 161 Å². The highest BCUT2D eigenvalue weighted by molar-refractivity contribution is 5.79. The van der Waals surface area contributed by atoms with Crippen molar-refractivity contribution in [3.05, 3.63) is 24.3 Å². The van der Waals surface area contributed by atoms with E-state index in [2.05, 4.69) is 12.2 Å². The fourth-order valence-electron chi connectivity index (χ4n) is 4.56. The van der Waals surface area contributed by atoms with Gasteiger partial charge in [0.2, 0.25) is 0 Å². The summed E-state index contributed by atoms with van der Waals surface area (Å²) >= 11 is 0. The largest absolute Gasteiger partial charge is 0.352 e. The Morgan fingerprint density at radius 2 is 1.56 bits per heavy atom. The van der Waals surface area contributed by atoms with Crippen molar-refractivity contribution in [3.63, 3.8) is 0 Å². The van der Waals surface area contributed by atoms with E-state index in [1.54, 1.807) is 0 Å². The van der Waals surface area contributed by atoms with Crippen LogP contribution in [0.5, 0.6) is 0 Å². The van der Waals surface area contributed by atoms with Crippen LogP contribution in [0.3, 0.4) is 0 Å². The molecule has 3 aliphatic rings. The van der Waals surface area contributed by atoms with E-state index in [-0.39, 0.29) is 6.29 Å². The fourth-order valence-corrected chi connectivity index (χ4v) is 4.56. The topological polar surface area (TPSA) is 35.5 Å². The molecule has 3 nitrogen and oxygen atoms in total. The third-order valence-corrected chi connectivity index (χ3v) is 6.34. The second-order valence-electron chi connectivity index (χ2n) is 8.41. The van der Waals surface area contributed by atoms with E-state index in [9.17, 15) is 13.6 Å². The lowest BCUT2D eigenvalue weighted by molar-refractivity contribution is -0.223. The lowest BCUT2D eigenvalue weighted by Gasteiger charge is -2.37. The molecule has 0 N–H and O–H groups in total. The summed E-state index contributed by atoms with van der Waals surface area (Å²) in [4.78, 5) is 11.3. The number of hydrogen-bond donors (Lipinski definition) is 0. The number of hydrogen-bond acceptors (Lipinski definition) is 3. The number of ketones is 1. The first-order valence-electron chi connectivity index (χ1n) is 10.5. The van der Waals surface area contributed by atoms with Crippen LogP contribution < -0.4 is 0 Å². The Bertz CT molecular complexity index is 516. The van der Waals surface area contributed by atoms with Gasteiger partial charge < -0.3 is 9.47 Å². The number of Topliss-reactive ketones (excluding diaryl/α,β-unsaturated/α-hetero) is 1. The SMILES string of the molecule is O=C1CCC(/C=C/C2COC(C3CCC(CCC=C(F)F)CC3)OC2)CC1. The minimum absolute atomic E-state index is 0.105. The van der Waals surface area contributed by atoms with Crippen LogP contribution in [-0.2, 0) is 14.3 Å². The van der Waals surface area contributed by atoms with E-state index in [1.807, 2.05) is 0 Å². The third-order valence-electron chi connectivity index (χ3n) is 6.34. The zero-order valence-corrected chi connectivity index (χ0v) is 16.1. The van der Waals surface area contributed by atoms with Crippen LogP contribution in [0.4, 0.5) is 8.78 Å². The number of halogens is 2. The molecule has 2 aliphatic carbocycles. The fraction of sp³-hybridized carbons (Fsp3) is 0.773. The Balaban J connectivity index is 1.33. The first-order chi connectivity index (χ1) is 13.1. The molecule has 0 aromatic carbocycles. The first kappa shape index (κ1) is 20.7. The molecule has 1 heterocycles. The molecule has 3 fully saturated rings. The number of carbonyl (C=O) groups excluding carboxylic acids is 1. The van der Waals surface area contributed by atoms with Crippen molar-refractivity contribution in [2.45, 2.75) is 70.5 Å². The van der Waals surface area contributed by atoms with Crippen LogP contribution in [0.25, 0.3) is 0 Å². The number of ether oxygens (including phenoxy) is 2. The molecule has 0 radical (unpaired) electrons. The van der Waals surface area contributed by atoms with Gasteiger partial charge in [0.15, 0.2) is 6.29 Å². The maximum absolute atomic E-state index is 12.1. The molecular formula is C22H32F2O3. The van der Waals surface area contributed by atoms with Gasteiger partial charge in [0.25, 0.3) is 6.08 Å². The Kier molecular flexibility index (Phi) is 8.01. The van der Waals surface area contributed by atoms with Crippen molar-refractivity contribution in [2.75, 3.05) is 13.2 Å². The number of carbonyl (C=O) groups is 1. The van der Waals surface area contributed by atoms with Gasteiger partial charge in [0, 0.05) is 24.7 Å². The monoisotopic (exact) mass is 382 g/mol. The van der Waals surface area contributed by atoms with E-state index in [4.69, 9.17) is 9.47 Å². The molecule has 1 saturated heterocycles. The normalized spacial score (nSPS) is 33.3. The molecule has 0 unspecified atom stereocenters. The molecule has 0 amide bonds. The van der Waals surface area contributed by atoms with Crippen LogP contribution >= 0.6 is 0 Å². The van der Waals surface area contributed by atoms with Crippen LogP contribution in [0.15, 0.2) is 24.3 Å². The molecule has 1 aliphatic heterocycles. The highest BCUT2D eigenvalue weighted by Crippen LogP contribution is 2.36. The highest BCUT2D eigenvalue weighted by Gasteiger charge is 2.32. The van der Waals surface area contributed by atoms with Crippen molar-refractivity contribution in [1.82, 2.24) is 0 Å². The van der Waals surface area contributed by atoms with Crippen LogP contribution in [-0.4, -0.2) is 25.3 Å². The van der Waals surface area contributed by atoms with Crippen molar-refractivity contribution in [2.24, 2.45) is 23.7 Å². The summed E-state index contributed by atoms with van der Waals surface area (Å²) in [6.07, 6.45) is 12.9. The summed E-state index contributed by atoms with van der Waals surface area (Å²) in [5, 5.41) is 0. The Morgan fingerprint density at radius 3 is 2.19 bits per heavy atom. The molecule has 0 bridgehead atoms. The average Bonchev–Trinajstić information content (AvgIpc) is 2.68. The lowest BCUT2D eigenvalue weighted by atomic mass is 9.79. The zero-order chi connectivity index (χ0) is 19.1. The predicted molar refractivity (Wildman–Crippen MR) is 100 cm³/mol. The van der Waals surface area contributed by atoms with Crippen LogP contribution in [0.2, 0.25) is 0 Å². The lowest BCUT2D eigenvalue weighted by Crippen LogP contribution is -2.38. The summed E-state index contributed by atoms with van der Waals surface area (Å²) in [7, 11) is 0. The molecule has 2 saturated carbocycles. The molecule has 0 aromatic rings. The Hall–Kier alpha value is -1.07. The average molecular weight is 382 g/mol. The van der Waals surface area contributed by atoms with Gasteiger partial charge in [-0.15, -0.1) is 0 Å². The number of allylic oxidation sites excluding steroid dienone is 2. The standard InChI is InChI=1S/C22H32F2O3/c23-21(24)3-1-2-16-6-10-19(11-7-16)22-26-14-18(15-27-22)5-4-17-8-12-20(25)13-9-17/h3-5,16-19,22H,1-2,6-15H2/b5-4+. The van der Waals surface area contributed by atoms with E-state index in [0.29, 0.717) is 49.1 Å². The quantitative estimate of drug-likeness (QED) is 0.556. The molecule has 0 spiro atoms. The third kappa shape index (κ3) is 6.79. The van der Waals surface area contributed by atoms with Crippen molar-refractivity contribution >= 4 is 5.78 Å². The van der Waals surface area contributed by atoms with Gasteiger partial charge in [-0.25, -0.2) is 0 Å². The molecular weight excluding hydrogens is 350 g/mol.